The highest BCUT2D eigenvalue weighted by atomic mass is 16.1. The molecule has 2 aliphatic carbocycles. The van der Waals surface area contributed by atoms with E-state index in [-0.39, 0.29) is 5.41 Å². The first-order valence-electron chi connectivity index (χ1n) is 8.49. The highest BCUT2D eigenvalue weighted by molar-refractivity contribution is 6.06. The summed E-state index contributed by atoms with van der Waals surface area (Å²) in [5, 5.41) is 0. The Morgan fingerprint density at radius 1 is 0.955 bits per heavy atom. The van der Waals surface area contributed by atoms with Crippen molar-refractivity contribution >= 4 is 5.78 Å². The summed E-state index contributed by atoms with van der Waals surface area (Å²) in [5.74, 6) is 0.873. The molecule has 0 aromatic heterocycles. The molecule has 0 N–H and O–H groups in total. The Balaban J connectivity index is 1.67. The van der Waals surface area contributed by atoms with Crippen molar-refractivity contribution in [1.82, 2.24) is 0 Å². The summed E-state index contributed by atoms with van der Waals surface area (Å²) in [6.45, 7) is 0. The second-order valence-corrected chi connectivity index (χ2v) is 6.86. The summed E-state index contributed by atoms with van der Waals surface area (Å²) in [5.41, 5.74) is 3.55. The highest BCUT2D eigenvalue weighted by Gasteiger charge is 2.52. The van der Waals surface area contributed by atoms with Crippen LogP contribution in [-0.2, 0) is 6.42 Å². The van der Waals surface area contributed by atoms with Gasteiger partial charge in [-0.25, -0.2) is 0 Å². The number of carbonyl (C=O) groups is 1. The van der Waals surface area contributed by atoms with E-state index in [1.807, 2.05) is 12.1 Å². The molecule has 22 heavy (non-hydrogen) atoms. The molecule has 0 bridgehead atoms. The average Bonchev–Trinajstić information content (AvgIpc) is 2.85. The van der Waals surface area contributed by atoms with Gasteiger partial charge in [0.25, 0.3) is 0 Å². The molecular weight excluding hydrogens is 268 g/mol. The normalized spacial score (nSPS) is 26.5. The van der Waals surface area contributed by atoms with E-state index in [1.165, 1.54) is 30.4 Å². The third-order valence-electron chi connectivity index (χ3n) is 5.77. The number of hydrogen-bond donors (Lipinski definition) is 0. The van der Waals surface area contributed by atoms with Crippen LogP contribution in [0.25, 0.3) is 0 Å². The first kappa shape index (κ1) is 13.8. The molecular formula is C21H22O. The molecule has 1 fully saturated rings. The van der Waals surface area contributed by atoms with Gasteiger partial charge in [0.05, 0.1) is 0 Å². The fraction of sp³-hybridized carbons (Fsp3) is 0.381. The topological polar surface area (TPSA) is 17.1 Å². The Hall–Kier alpha value is -1.89. The number of ketones is 1. The minimum Gasteiger partial charge on any atom is -0.294 e. The lowest BCUT2D eigenvalue weighted by atomic mass is 9.64. The third-order valence-corrected chi connectivity index (χ3v) is 5.77. The lowest BCUT2D eigenvalue weighted by molar-refractivity contribution is 0.0682. The summed E-state index contributed by atoms with van der Waals surface area (Å²) < 4.78 is 0. The molecule has 1 nitrogen and oxygen atoms in total. The molecule has 0 radical (unpaired) electrons. The Morgan fingerprint density at radius 2 is 1.73 bits per heavy atom. The van der Waals surface area contributed by atoms with Gasteiger partial charge in [0.15, 0.2) is 5.78 Å². The molecule has 0 unspecified atom stereocenters. The Kier molecular flexibility index (Phi) is 3.37. The van der Waals surface area contributed by atoms with E-state index in [0.29, 0.717) is 11.7 Å². The van der Waals surface area contributed by atoms with Gasteiger partial charge in [-0.1, -0.05) is 67.4 Å². The molecule has 2 atom stereocenters. The minimum absolute atomic E-state index is 0.127. The van der Waals surface area contributed by atoms with Crippen LogP contribution < -0.4 is 0 Å². The Labute approximate surface area is 132 Å². The molecule has 0 amide bonds. The van der Waals surface area contributed by atoms with Crippen LogP contribution >= 0.6 is 0 Å². The van der Waals surface area contributed by atoms with E-state index < -0.39 is 0 Å². The zero-order valence-corrected chi connectivity index (χ0v) is 12.9. The largest absolute Gasteiger partial charge is 0.294 e. The van der Waals surface area contributed by atoms with E-state index in [9.17, 15) is 4.79 Å². The third kappa shape index (κ3) is 2.03. The van der Waals surface area contributed by atoms with Gasteiger partial charge in [-0.05, 0) is 42.7 Å². The van der Waals surface area contributed by atoms with E-state index in [0.717, 1.165) is 24.8 Å². The smallest absolute Gasteiger partial charge is 0.169 e. The quantitative estimate of drug-likeness (QED) is 0.763. The van der Waals surface area contributed by atoms with E-state index >= 15 is 0 Å². The number of benzene rings is 2. The summed E-state index contributed by atoms with van der Waals surface area (Å²) in [4.78, 5) is 13.2. The van der Waals surface area contributed by atoms with Crippen LogP contribution in [0.5, 0.6) is 0 Å². The first-order valence-corrected chi connectivity index (χ1v) is 8.49. The lowest BCUT2D eigenvalue weighted by Crippen LogP contribution is -2.35. The molecule has 1 heteroatoms. The Morgan fingerprint density at radius 3 is 2.59 bits per heavy atom. The maximum absolute atomic E-state index is 13.2. The average molecular weight is 290 g/mol. The van der Waals surface area contributed by atoms with Crippen LogP contribution in [0.1, 0.15) is 59.5 Å². The van der Waals surface area contributed by atoms with Crippen molar-refractivity contribution in [2.75, 3.05) is 0 Å². The number of aryl methyl sites for hydroxylation is 1. The molecule has 0 aliphatic heterocycles. The number of fused-ring (bicyclic) bond motifs is 3. The molecule has 2 aliphatic rings. The molecule has 0 saturated heterocycles. The monoisotopic (exact) mass is 290 g/mol. The number of Topliss-reactive ketones (excluding diaryl/α,β-unsaturated/α-hetero) is 1. The van der Waals surface area contributed by atoms with Crippen LogP contribution in [0.15, 0.2) is 54.6 Å². The van der Waals surface area contributed by atoms with Gasteiger partial charge < -0.3 is 0 Å². The summed E-state index contributed by atoms with van der Waals surface area (Å²) >= 11 is 0. The van der Waals surface area contributed by atoms with E-state index in [4.69, 9.17) is 0 Å². The van der Waals surface area contributed by atoms with Crippen LogP contribution in [0.2, 0.25) is 0 Å². The van der Waals surface area contributed by atoms with E-state index in [1.54, 1.807) is 0 Å². The van der Waals surface area contributed by atoms with Gasteiger partial charge in [-0.3, -0.25) is 4.79 Å². The number of rotatable bonds is 3. The van der Waals surface area contributed by atoms with Crippen molar-refractivity contribution in [2.45, 2.75) is 44.4 Å². The zero-order chi connectivity index (χ0) is 15.0. The van der Waals surface area contributed by atoms with Crippen LogP contribution in [-0.4, -0.2) is 5.78 Å². The maximum Gasteiger partial charge on any atom is 0.169 e. The number of carbonyl (C=O) groups excluding carboxylic acids is 1. The molecule has 112 valence electrons. The predicted octanol–water partition coefficient (Wildman–Crippen LogP) is 5.16. The summed E-state index contributed by atoms with van der Waals surface area (Å²) in [6, 6.07) is 18.9. The van der Waals surface area contributed by atoms with Crippen molar-refractivity contribution in [1.29, 1.82) is 0 Å². The molecule has 2 aromatic carbocycles. The van der Waals surface area contributed by atoms with Crippen LogP contribution in [0.3, 0.4) is 0 Å². The molecule has 0 spiro atoms. The highest BCUT2D eigenvalue weighted by Crippen LogP contribution is 2.57. The molecule has 1 saturated carbocycles. The molecule has 4 rings (SSSR count). The molecule has 2 aromatic rings. The predicted molar refractivity (Wildman–Crippen MR) is 89.2 cm³/mol. The fourth-order valence-corrected chi connectivity index (χ4v) is 4.67. The lowest BCUT2D eigenvalue weighted by Gasteiger charge is -2.38. The van der Waals surface area contributed by atoms with Gasteiger partial charge >= 0.3 is 0 Å². The second kappa shape index (κ2) is 5.39. The van der Waals surface area contributed by atoms with Gasteiger partial charge in [-0.2, -0.15) is 0 Å². The summed E-state index contributed by atoms with van der Waals surface area (Å²) in [7, 11) is 0. The summed E-state index contributed by atoms with van der Waals surface area (Å²) in [6.07, 6.45) is 6.71. The van der Waals surface area contributed by atoms with Gasteiger partial charge in [0.2, 0.25) is 0 Å². The Bertz CT molecular complexity index is 688. The molecule has 0 heterocycles. The van der Waals surface area contributed by atoms with Crippen molar-refractivity contribution < 1.29 is 4.79 Å². The van der Waals surface area contributed by atoms with Gasteiger partial charge in [0, 0.05) is 11.0 Å². The van der Waals surface area contributed by atoms with Crippen LogP contribution in [0, 0.1) is 5.41 Å². The standard InChI is InChI=1S/C21H22O/c22-20-18-11-5-4-10-17(18)19-12-6-7-14-21(19,20)15-13-16-8-2-1-3-9-16/h1-5,8-11,19H,6-7,12-15H2/t19-,21+/m0/s1. The van der Waals surface area contributed by atoms with Crippen LogP contribution in [0.4, 0.5) is 0 Å². The van der Waals surface area contributed by atoms with Crippen molar-refractivity contribution in [2.24, 2.45) is 5.41 Å². The van der Waals surface area contributed by atoms with Crippen molar-refractivity contribution in [3.05, 3.63) is 71.3 Å². The maximum atomic E-state index is 13.2. The van der Waals surface area contributed by atoms with Gasteiger partial charge in [0.1, 0.15) is 0 Å². The fourth-order valence-electron chi connectivity index (χ4n) is 4.67. The SMILES string of the molecule is O=C1c2ccccc2[C@@H]2CCCC[C@]12CCc1ccccc1. The van der Waals surface area contributed by atoms with Gasteiger partial charge in [-0.15, -0.1) is 0 Å². The number of hydrogen-bond acceptors (Lipinski definition) is 1. The van der Waals surface area contributed by atoms with Crippen molar-refractivity contribution in [3.8, 4) is 0 Å². The minimum atomic E-state index is -0.127. The van der Waals surface area contributed by atoms with E-state index in [2.05, 4.69) is 42.5 Å². The second-order valence-electron chi connectivity index (χ2n) is 6.86. The first-order chi connectivity index (χ1) is 10.8. The zero-order valence-electron chi connectivity index (χ0n) is 12.9. The van der Waals surface area contributed by atoms with Crippen molar-refractivity contribution in [3.63, 3.8) is 0 Å².